The second-order valence-corrected chi connectivity index (χ2v) is 7.07. The van der Waals surface area contributed by atoms with E-state index in [0.29, 0.717) is 17.4 Å². The SMILES string of the molecule is CC.CN=C/C(=C\N)c1ccc([NH-])cc1OC.C[N-]Cc1cc(C(C)C)c(OC)cc1C.[Y]. The molecule has 0 unspecified atom stereocenters. The summed E-state index contributed by atoms with van der Waals surface area (Å²) in [6, 6.07) is 9.44. The van der Waals surface area contributed by atoms with Gasteiger partial charge in [0, 0.05) is 63.3 Å². The fourth-order valence-corrected chi connectivity index (χ4v) is 2.99. The van der Waals surface area contributed by atoms with Crippen molar-refractivity contribution in [2.75, 3.05) is 28.3 Å². The number of allylic oxidation sites excluding steroid dienone is 1. The summed E-state index contributed by atoms with van der Waals surface area (Å²) in [5.41, 5.74) is 18.8. The van der Waals surface area contributed by atoms with Crippen LogP contribution < -0.4 is 15.2 Å². The Morgan fingerprint density at radius 3 is 2.18 bits per heavy atom. The van der Waals surface area contributed by atoms with Crippen LogP contribution in [-0.2, 0) is 39.3 Å². The van der Waals surface area contributed by atoms with Gasteiger partial charge in [-0.25, -0.2) is 0 Å². The van der Waals surface area contributed by atoms with E-state index < -0.39 is 0 Å². The Morgan fingerprint density at radius 1 is 1.12 bits per heavy atom. The Labute approximate surface area is 226 Å². The molecule has 2 aromatic rings. The molecule has 0 aliphatic heterocycles. The van der Waals surface area contributed by atoms with E-state index in [1.165, 1.54) is 22.9 Å². The first-order valence-electron chi connectivity index (χ1n) is 10.8. The molecule has 0 aliphatic rings. The van der Waals surface area contributed by atoms with Gasteiger partial charge in [-0.2, -0.15) is 7.05 Å². The quantitative estimate of drug-likeness (QED) is 0.390. The molecule has 0 saturated heterocycles. The number of nitrogens with zero attached hydrogens (tertiary/aromatic N) is 2. The van der Waals surface area contributed by atoms with Gasteiger partial charge >= 0.3 is 0 Å². The van der Waals surface area contributed by atoms with Crippen molar-refractivity contribution in [3.63, 3.8) is 0 Å². The molecule has 0 aliphatic carbocycles. The largest absolute Gasteiger partial charge is 0.699 e. The van der Waals surface area contributed by atoms with Gasteiger partial charge in [-0.3, -0.25) is 4.99 Å². The summed E-state index contributed by atoms with van der Waals surface area (Å²) in [4.78, 5) is 3.91. The third kappa shape index (κ3) is 10.7. The van der Waals surface area contributed by atoms with Crippen LogP contribution in [-0.4, -0.2) is 34.5 Å². The number of hydrogen-bond donors (Lipinski definition) is 1. The van der Waals surface area contributed by atoms with Crippen molar-refractivity contribution < 1.29 is 42.2 Å². The van der Waals surface area contributed by atoms with Crippen molar-refractivity contribution in [3.8, 4) is 11.5 Å². The molecular formula is C26H40N4O2Y-2. The molecule has 0 bridgehead atoms. The maximum Gasteiger partial charge on any atom is 0.125 e. The third-order valence-electron chi connectivity index (χ3n) is 4.60. The zero-order chi connectivity index (χ0) is 24.7. The van der Waals surface area contributed by atoms with Crippen molar-refractivity contribution in [1.82, 2.24) is 0 Å². The van der Waals surface area contributed by atoms with Gasteiger partial charge in [0.05, 0.1) is 14.2 Å². The molecule has 181 valence electrons. The fraction of sp³-hybridized carbons (Fsp3) is 0.423. The maximum atomic E-state index is 7.47. The standard InChI is InChI=1S/C13H20NO.C11H14N3O.C2H6.Y/c1-9(2)12-7-11(8-14-4)10(3)6-13(12)15-5;1-14-7-8(6-12)10-4-3-9(13)5-11(10)15-2;1-2;/h6-7,9H,8H2,1-5H3;3-7,13H,12H2,1-2H3;1-2H3;/q2*-1;;/b;8-6+,14-7?;;. The minimum absolute atomic E-state index is 0. The molecule has 6 nitrogen and oxygen atoms in total. The number of aliphatic imine (C=N–C) groups is 1. The van der Waals surface area contributed by atoms with Crippen LogP contribution >= 0.6 is 0 Å². The predicted molar refractivity (Wildman–Crippen MR) is 140 cm³/mol. The summed E-state index contributed by atoms with van der Waals surface area (Å²) in [7, 11) is 6.81. The minimum atomic E-state index is 0. The van der Waals surface area contributed by atoms with Crippen LogP contribution in [0.4, 0.5) is 5.69 Å². The van der Waals surface area contributed by atoms with Gasteiger partial charge in [0.15, 0.2) is 0 Å². The molecule has 2 aromatic carbocycles. The summed E-state index contributed by atoms with van der Waals surface area (Å²) in [5, 5.41) is 4.18. The fourth-order valence-electron chi connectivity index (χ4n) is 2.99. The van der Waals surface area contributed by atoms with Gasteiger partial charge in [0.2, 0.25) is 0 Å². The molecule has 1 radical (unpaired) electrons. The van der Waals surface area contributed by atoms with Gasteiger partial charge < -0.3 is 26.3 Å². The van der Waals surface area contributed by atoms with Crippen LogP contribution in [0.5, 0.6) is 11.5 Å². The van der Waals surface area contributed by atoms with Gasteiger partial charge in [-0.15, -0.1) is 12.2 Å². The Kier molecular flexibility index (Phi) is 18.7. The van der Waals surface area contributed by atoms with E-state index in [4.69, 9.17) is 20.9 Å². The number of ether oxygens (including phenoxy) is 2. The van der Waals surface area contributed by atoms with Crippen LogP contribution in [0.3, 0.4) is 0 Å². The number of hydrogen-bond acceptors (Lipinski definition) is 4. The topological polar surface area (TPSA) is 94.7 Å². The second kappa shape index (κ2) is 18.5. The van der Waals surface area contributed by atoms with Crippen molar-refractivity contribution in [3.05, 3.63) is 69.8 Å². The Hall–Kier alpha value is -1.89. The molecule has 33 heavy (non-hydrogen) atoms. The Bertz CT molecular complexity index is 881. The van der Waals surface area contributed by atoms with E-state index in [-0.39, 0.29) is 32.7 Å². The van der Waals surface area contributed by atoms with Crippen molar-refractivity contribution in [2.24, 2.45) is 10.7 Å². The average molecular weight is 530 g/mol. The molecule has 7 heteroatoms. The summed E-state index contributed by atoms with van der Waals surface area (Å²) < 4.78 is 10.6. The molecule has 0 spiro atoms. The van der Waals surface area contributed by atoms with Crippen molar-refractivity contribution in [2.45, 2.75) is 47.1 Å². The monoisotopic (exact) mass is 529 g/mol. The van der Waals surface area contributed by atoms with E-state index in [9.17, 15) is 0 Å². The van der Waals surface area contributed by atoms with Gasteiger partial charge in [0.25, 0.3) is 0 Å². The number of aryl methyl sites for hydroxylation is 1. The zero-order valence-electron chi connectivity index (χ0n) is 21.7. The average Bonchev–Trinajstić information content (AvgIpc) is 2.80. The smallest absolute Gasteiger partial charge is 0.125 e. The van der Waals surface area contributed by atoms with Gasteiger partial charge in [0.1, 0.15) is 11.5 Å². The first-order chi connectivity index (χ1) is 15.3. The number of rotatable bonds is 7. The second-order valence-electron chi connectivity index (χ2n) is 7.07. The molecule has 0 aromatic heterocycles. The maximum absolute atomic E-state index is 7.47. The first-order valence-corrected chi connectivity index (χ1v) is 10.8. The molecule has 2 rings (SSSR count). The molecule has 0 fully saturated rings. The van der Waals surface area contributed by atoms with Gasteiger partial charge in [-0.05, 0) is 36.1 Å². The Balaban J connectivity index is 0. The number of benzene rings is 2. The van der Waals surface area contributed by atoms with Crippen molar-refractivity contribution >= 4 is 17.5 Å². The van der Waals surface area contributed by atoms with Crippen LogP contribution in [0.1, 0.15) is 55.9 Å². The zero-order valence-corrected chi connectivity index (χ0v) is 24.5. The van der Waals surface area contributed by atoms with E-state index in [1.54, 1.807) is 45.7 Å². The van der Waals surface area contributed by atoms with Gasteiger partial charge in [-0.1, -0.05) is 51.5 Å². The van der Waals surface area contributed by atoms with E-state index in [2.05, 4.69) is 43.2 Å². The number of nitrogens with two attached hydrogens (primary N) is 1. The summed E-state index contributed by atoms with van der Waals surface area (Å²) in [6.45, 7) is 11.3. The number of nitrogens with one attached hydrogen (secondary N) is 1. The van der Waals surface area contributed by atoms with E-state index in [0.717, 1.165) is 23.4 Å². The van der Waals surface area contributed by atoms with Crippen molar-refractivity contribution in [1.29, 1.82) is 0 Å². The predicted octanol–water partition coefficient (Wildman–Crippen LogP) is 7.03. The van der Waals surface area contributed by atoms with Crippen LogP contribution in [0.15, 0.2) is 41.5 Å². The van der Waals surface area contributed by atoms with Crippen LogP contribution in [0, 0.1) is 6.92 Å². The van der Waals surface area contributed by atoms with E-state index in [1.807, 2.05) is 20.9 Å². The molecule has 0 heterocycles. The molecule has 0 amide bonds. The van der Waals surface area contributed by atoms with Crippen LogP contribution in [0.25, 0.3) is 16.6 Å². The molecular weight excluding hydrogens is 489 g/mol. The summed E-state index contributed by atoms with van der Waals surface area (Å²) >= 11 is 0. The molecule has 0 atom stereocenters. The summed E-state index contributed by atoms with van der Waals surface area (Å²) in [6.07, 6.45) is 3.12. The third-order valence-corrected chi connectivity index (χ3v) is 4.60. The molecule has 0 saturated carbocycles. The number of methoxy groups -OCH3 is 2. The minimum Gasteiger partial charge on any atom is -0.699 e. The normalized spacial score (nSPS) is 10.5. The van der Waals surface area contributed by atoms with E-state index >= 15 is 0 Å². The first kappa shape index (κ1) is 33.3. The Morgan fingerprint density at radius 2 is 1.73 bits per heavy atom. The summed E-state index contributed by atoms with van der Waals surface area (Å²) in [5.74, 6) is 2.10. The van der Waals surface area contributed by atoms with Crippen LogP contribution in [0.2, 0.25) is 0 Å². The molecule has 3 N–H and O–H groups in total.